The van der Waals surface area contributed by atoms with Gasteiger partial charge < -0.3 is 5.11 Å². The number of rotatable bonds is 2. The third-order valence-electron chi connectivity index (χ3n) is 8.71. The summed E-state index contributed by atoms with van der Waals surface area (Å²) in [4.78, 5) is 12.5. The largest absolute Gasteiger partial charge is 0.393 e. The molecule has 3 saturated carbocycles. The fraction of sp³-hybridized carbons (Fsp3) is 0.864. The minimum absolute atomic E-state index is 0.0889. The first-order valence-electron chi connectivity index (χ1n) is 10.3. The Morgan fingerprint density at radius 3 is 2.71 bits per heavy atom. The molecule has 0 saturated heterocycles. The second kappa shape index (κ2) is 5.69. The maximum atomic E-state index is 12.5. The summed E-state index contributed by atoms with van der Waals surface area (Å²) in [5.41, 5.74) is 1.86. The fourth-order valence-electron chi connectivity index (χ4n) is 7.31. The molecule has 2 heteroatoms. The van der Waals surface area contributed by atoms with E-state index in [0.717, 1.165) is 43.9 Å². The van der Waals surface area contributed by atoms with Crippen molar-refractivity contribution in [2.75, 3.05) is 0 Å². The van der Waals surface area contributed by atoms with Crippen LogP contribution in [-0.4, -0.2) is 17.0 Å². The van der Waals surface area contributed by atoms with Gasteiger partial charge in [-0.05, 0) is 86.0 Å². The van der Waals surface area contributed by atoms with E-state index in [1.165, 1.54) is 31.3 Å². The standard InChI is InChI=1S/C22H34O2/c1-4-5-14-13-22(3)15(12-19(14)23)6-7-16-17-8-9-20(24)21(17,2)11-10-18(16)22/h12,14,16-18,20,24H,4-11,13H2,1-3H3/t14?,16-,17-,18-,20-,21-,22-/m0/s1. The molecule has 4 rings (SSSR count). The molecule has 4 aliphatic carbocycles. The Hall–Kier alpha value is -0.630. The van der Waals surface area contributed by atoms with Gasteiger partial charge in [0.1, 0.15) is 0 Å². The summed E-state index contributed by atoms with van der Waals surface area (Å²) in [5.74, 6) is 2.85. The molecule has 7 atom stereocenters. The van der Waals surface area contributed by atoms with Gasteiger partial charge in [-0.2, -0.15) is 0 Å². The van der Waals surface area contributed by atoms with Gasteiger partial charge in [0.05, 0.1) is 6.10 Å². The summed E-state index contributed by atoms with van der Waals surface area (Å²) in [6.45, 7) is 7.02. The highest BCUT2D eigenvalue weighted by Crippen LogP contribution is 2.65. The third-order valence-corrected chi connectivity index (χ3v) is 8.71. The van der Waals surface area contributed by atoms with Crippen LogP contribution < -0.4 is 0 Å². The number of carbonyl (C=O) groups excluding carboxylic acids is 1. The highest BCUT2D eigenvalue weighted by Gasteiger charge is 2.59. The molecule has 0 aromatic carbocycles. The minimum Gasteiger partial charge on any atom is -0.393 e. The molecular weight excluding hydrogens is 296 g/mol. The van der Waals surface area contributed by atoms with Crippen molar-refractivity contribution in [1.29, 1.82) is 0 Å². The van der Waals surface area contributed by atoms with Crippen molar-refractivity contribution in [3.8, 4) is 0 Å². The molecule has 0 aliphatic heterocycles. The lowest BCUT2D eigenvalue weighted by Gasteiger charge is -2.58. The van der Waals surface area contributed by atoms with E-state index in [2.05, 4.69) is 26.8 Å². The lowest BCUT2D eigenvalue weighted by molar-refractivity contribution is -0.123. The van der Waals surface area contributed by atoms with Crippen LogP contribution >= 0.6 is 0 Å². The van der Waals surface area contributed by atoms with E-state index >= 15 is 0 Å². The van der Waals surface area contributed by atoms with Gasteiger partial charge >= 0.3 is 0 Å². The molecule has 0 aromatic rings. The third kappa shape index (κ3) is 2.21. The summed E-state index contributed by atoms with van der Waals surface area (Å²) in [6, 6.07) is 0. The number of ketones is 1. The van der Waals surface area contributed by atoms with Crippen LogP contribution in [0.25, 0.3) is 0 Å². The number of carbonyl (C=O) groups is 1. The van der Waals surface area contributed by atoms with Crippen molar-refractivity contribution in [2.24, 2.45) is 34.5 Å². The summed E-state index contributed by atoms with van der Waals surface area (Å²) in [6.07, 6.45) is 12.2. The van der Waals surface area contributed by atoms with E-state index < -0.39 is 0 Å². The molecule has 0 spiro atoms. The lowest BCUT2D eigenvalue weighted by atomic mass is 9.46. The number of hydrogen-bond donors (Lipinski definition) is 1. The lowest BCUT2D eigenvalue weighted by Crippen LogP contribution is -2.52. The molecule has 0 heterocycles. The van der Waals surface area contributed by atoms with Crippen molar-refractivity contribution in [3.63, 3.8) is 0 Å². The van der Waals surface area contributed by atoms with Gasteiger partial charge in [-0.1, -0.05) is 32.8 Å². The van der Waals surface area contributed by atoms with E-state index in [1.807, 2.05) is 0 Å². The van der Waals surface area contributed by atoms with Gasteiger partial charge in [0.25, 0.3) is 0 Å². The molecule has 1 N–H and O–H groups in total. The molecule has 0 radical (unpaired) electrons. The van der Waals surface area contributed by atoms with Crippen LogP contribution in [0, 0.1) is 34.5 Å². The van der Waals surface area contributed by atoms with Crippen LogP contribution in [0.3, 0.4) is 0 Å². The molecule has 134 valence electrons. The van der Waals surface area contributed by atoms with Crippen LogP contribution in [0.1, 0.15) is 78.6 Å². The van der Waals surface area contributed by atoms with E-state index in [9.17, 15) is 9.90 Å². The Kier molecular flexibility index (Phi) is 3.99. The molecule has 1 unspecified atom stereocenters. The van der Waals surface area contributed by atoms with Crippen LogP contribution in [0.15, 0.2) is 11.6 Å². The zero-order chi connectivity index (χ0) is 17.1. The Bertz CT molecular complexity index is 564. The van der Waals surface area contributed by atoms with Crippen LogP contribution in [0.2, 0.25) is 0 Å². The van der Waals surface area contributed by atoms with Gasteiger partial charge in [0, 0.05) is 5.92 Å². The number of fused-ring (bicyclic) bond motifs is 5. The quantitative estimate of drug-likeness (QED) is 0.781. The van der Waals surface area contributed by atoms with Crippen molar-refractivity contribution < 1.29 is 9.90 Å². The van der Waals surface area contributed by atoms with Crippen LogP contribution in [0.4, 0.5) is 0 Å². The molecule has 3 fully saturated rings. The van der Waals surface area contributed by atoms with E-state index in [4.69, 9.17) is 0 Å². The summed E-state index contributed by atoms with van der Waals surface area (Å²) in [5, 5.41) is 10.6. The summed E-state index contributed by atoms with van der Waals surface area (Å²) in [7, 11) is 0. The highest BCUT2D eigenvalue weighted by molar-refractivity contribution is 5.93. The van der Waals surface area contributed by atoms with Gasteiger partial charge in [0.15, 0.2) is 5.78 Å². The van der Waals surface area contributed by atoms with Crippen molar-refractivity contribution in [1.82, 2.24) is 0 Å². The van der Waals surface area contributed by atoms with E-state index in [-0.39, 0.29) is 22.9 Å². The average molecular weight is 331 g/mol. The minimum atomic E-state index is -0.0889. The zero-order valence-electron chi connectivity index (χ0n) is 15.7. The summed E-state index contributed by atoms with van der Waals surface area (Å²) >= 11 is 0. The first-order chi connectivity index (χ1) is 11.4. The number of aliphatic hydroxyl groups is 1. The molecule has 4 aliphatic rings. The molecule has 24 heavy (non-hydrogen) atoms. The molecule has 0 bridgehead atoms. The van der Waals surface area contributed by atoms with E-state index in [1.54, 1.807) is 0 Å². The second-order valence-electron chi connectivity index (χ2n) is 9.73. The maximum Gasteiger partial charge on any atom is 0.158 e. The second-order valence-corrected chi connectivity index (χ2v) is 9.73. The van der Waals surface area contributed by atoms with Crippen molar-refractivity contribution in [3.05, 3.63) is 11.6 Å². The Morgan fingerprint density at radius 1 is 1.17 bits per heavy atom. The number of hydrogen-bond acceptors (Lipinski definition) is 2. The first-order valence-corrected chi connectivity index (χ1v) is 10.3. The van der Waals surface area contributed by atoms with Crippen molar-refractivity contribution in [2.45, 2.75) is 84.7 Å². The Balaban J connectivity index is 1.66. The fourth-order valence-corrected chi connectivity index (χ4v) is 7.31. The number of aliphatic hydroxyl groups excluding tert-OH is 1. The zero-order valence-corrected chi connectivity index (χ0v) is 15.7. The SMILES string of the molecule is CCCC1C[C@@]2(C)C(=CC1=O)CC[C@H]1[C@@H]3CC[C@H](O)[C@@]3(C)CC[C@@H]12. The smallest absolute Gasteiger partial charge is 0.158 e. The van der Waals surface area contributed by atoms with Gasteiger partial charge in [-0.25, -0.2) is 0 Å². The molecular formula is C22H34O2. The predicted molar refractivity (Wildman–Crippen MR) is 96.5 cm³/mol. The first kappa shape index (κ1) is 16.8. The monoisotopic (exact) mass is 330 g/mol. The molecule has 0 amide bonds. The van der Waals surface area contributed by atoms with Crippen molar-refractivity contribution >= 4 is 5.78 Å². The average Bonchev–Trinajstić information content (AvgIpc) is 2.85. The van der Waals surface area contributed by atoms with Gasteiger partial charge in [0.2, 0.25) is 0 Å². The topological polar surface area (TPSA) is 37.3 Å². The highest BCUT2D eigenvalue weighted by atomic mass is 16.3. The van der Waals surface area contributed by atoms with Crippen LogP contribution in [0.5, 0.6) is 0 Å². The van der Waals surface area contributed by atoms with Gasteiger partial charge in [-0.15, -0.1) is 0 Å². The molecule has 0 aromatic heterocycles. The van der Waals surface area contributed by atoms with Gasteiger partial charge in [-0.3, -0.25) is 4.79 Å². The molecule has 2 nitrogen and oxygen atoms in total. The Morgan fingerprint density at radius 2 is 1.96 bits per heavy atom. The van der Waals surface area contributed by atoms with E-state index in [0.29, 0.717) is 11.7 Å². The Labute approximate surface area is 147 Å². The normalized spacial score (nSPS) is 50.8. The number of allylic oxidation sites excluding steroid dienone is 1. The van der Waals surface area contributed by atoms with Crippen LogP contribution in [-0.2, 0) is 4.79 Å². The summed E-state index contributed by atoms with van der Waals surface area (Å²) < 4.78 is 0. The maximum absolute atomic E-state index is 12.5. The predicted octanol–water partition coefficient (Wildman–Crippen LogP) is 4.91.